The van der Waals surface area contributed by atoms with E-state index in [-0.39, 0.29) is 0 Å². The van der Waals surface area contributed by atoms with Crippen molar-refractivity contribution >= 4 is 28.8 Å². The average Bonchev–Trinajstić information content (AvgIpc) is 2.63. The molecule has 1 aliphatic rings. The maximum Gasteiger partial charge on any atom is 0.171 e. The van der Waals surface area contributed by atoms with E-state index in [4.69, 9.17) is 17.0 Å². The van der Waals surface area contributed by atoms with E-state index >= 15 is 0 Å². The number of aryl methyl sites for hydroxylation is 1. The summed E-state index contributed by atoms with van der Waals surface area (Å²) < 4.78 is 5.36. The molecule has 3 rings (SSSR count). The summed E-state index contributed by atoms with van der Waals surface area (Å²) in [4.78, 5) is 6.73. The van der Waals surface area contributed by atoms with Crippen LogP contribution in [0.1, 0.15) is 11.1 Å². The molecule has 5 nitrogen and oxygen atoms in total. The largest absolute Gasteiger partial charge is 0.378 e. The van der Waals surface area contributed by atoms with E-state index < -0.39 is 0 Å². The lowest BCUT2D eigenvalue weighted by molar-refractivity contribution is 0.122. The minimum atomic E-state index is 0.594. The minimum absolute atomic E-state index is 0.594. The lowest BCUT2D eigenvalue weighted by Gasteiger charge is -2.27. The molecule has 1 aromatic carbocycles. The first kappa shape index (κ1) is 16.7. The number of hydrogen-bond acceptors (Lipinski definition) is 4. The van der Waals surface area contributed by atoms with Crippen LogP contribution >= 0.6 is 12.2 Å². The molecule has 0 atom stereocenters. The standard InChI is InChI=1S/C18H22N4OS/c1-14-2-4-15(5-3-14)12-20-18(24)21-16-6-7-17(19-13-16)22-8-10-23-11-9-22/h2-7,13H,8-12H2,1H3,(H2,20,21,24). The molecule has 126 valence electrons. The van der Waals surface area contributed by atoms with Crippen molar-refractivity contribution in [2.45, 2.75) is 13.5 Å². The van der Waals surface area contributed by atoms with E-state index in [9.17, 15) is 0 Å². The van der Waals surface area contributed by atoms with Crippen LogP contribution in [0.5, 0.6) is 0 Å². The topological polar surface area (TPSA) is 49.4 Å². The van der Waals surface area contributed by atoms with Gasteiger partial charge in [-0.15, -0.1) is 0 Å². The van der Waals surface area contributed by atoms with Gasteiger partial charge < -0.3 is 20.3 Å². The van der Waals surface area contributed by atoms with Crippen molar-refractivity contribution in [1.29, 1.82) is 0 Å². The number of ether oxygens (including phenoxy) is 1. The van der Waals surface area contributed by atoms with Gasteiger partial charge in [0.15, 0.2) is 5.11 Å². The summed E-state index contributed by atoms with van der Waals surface area (Å²) in [6.45, 7) is 6.07. The monoisotopic (exact) mass is 342 g/mol. The molecule has 2 heterocycles. The SMILES string of the molecule is Cc1ccc(CNC(=S)Nc2ccc(N3CCOCC3)nc2)cc1. The van der Waals surface area contributed by atoms with Crippen LogP contribution in [0.2, 0.25) is 0 Å². The van der Waals surface area contributed by atoms with Crippen molar-refractivity contribution in [3.05, 3.63) is 53.7 Å². The van der Waals surface area contributed by atoms with Crippen LogP contribution in [0.4, 0.5) is 11.5 Å². The molecule has 0 saturated carbocycles. The van der Waals surface area contributed by atoms with Crippen LogP contribution in [0.15, 0.2) is 42.6 Å². The summed E-state index contributed by atoms with van der Waals surface area (Å²) >= 11 is 5.34. The first-order valence-corrected chi connectivity index (χ1v) is 8.51. The quantitative estimate of drug-likeness (QED) is 0.833. The Bertz CT molecular complexity index is 666. The van der Waals surface area contributed by atoms with Crippen LogP contribution in [0, 0.1) is 6.92 Å². The predicted molar refractivity (Wildman–Crippen MR) is 102 cm³/mol. The summed E-state index contributed by atoms with van der Waals surface area (Å²) in [7, 11) is 0. The Morgan fingerprint density at radius 1 is 1.17 bits per heavy atom. The number of nitrogens with one attached hydrogen (secondary N) is 2. The van der Waals surface area contributed by atoms with Gasteiger partial charge in [0.05, 0.1) is 25.1 Å². The van der Waals surface area contributed by atoms with Gasteiger partial charge in [0, 0.05) is 19.6 Å². The minimum Gasteiger partial charge on any atom is -0.378 e. The maximum absolute atomic E-state index is 5.36. The van der Waals surface area contributed by atoms with Gasteiger partial charge in [0.25, 0.3) is 0 Å². The molecule has 6 heteroatoms. The fourth-order valence-corrected chi connectivity index (χ4v) is 2.69. The third-order valence-corrected chi connectivity index (χ3v) is 4.16. The highest BCUT2D eigenvalue weighted by Gasteiger charge is 2.12. The van der Waals surface area contributed by atoms with Crippen LogP contribution in [0.25, 0.3) is 0 Å². The van der Waals surface area contributed by atoms with Gasteiger partial charge in [0.1, 0.15) is 5.82 Å². The summed E-state index contributed by atoms with van der Waals surface area (Å²) in [5.74, 6) is 0.974. The molecule has 1 aromatic heterocycles. The van der Waals surface area contributed by atoms with Crippen molar-refractivity contribution in [3.63, 3.8) is 0 Å². The second kappa shape index (κ2) is 8.08. The number of pyridine rings is 1. The first-order valence-electron chi connectivity index (χ1n) is 8.10. The van der Waals surface area contributed by atoms with E-state index in [0.29, 0.717) is 11.7 Å². The molecule has 0 amide bonds. The summed E-state index contributed by atoms with van der Waals surface area (Å²) in [5, 5.41) is 6.97. The third kappa shape index (κ3) is 4.66. The number of nitrogens with zero attached hydrogens (tertiary/aromatic N) is 2. The highest BCUT2D eigenvalue weighted by molar-refractivity contribution is 7.80. The van der Waals surface area contributed by atoms with Gasteiger partial charge in [-0.25, -0.2) is 4.98 Å². The molecule has 2 aromatic rings. The molecule has 24 heavy (non-hydrogen) atoms. The number of hydrogen-bond donors (Lipinski definition) is 2. The Balaban J connectivity index is 1.49. The zero-order valence-corrected chi connectivity index (χ0v) is 14.6. The Morgan fingerprint density at radius 2 is 1.92 bits per heavy atom. The Hall–Kier alpha value is -2.18. The number of rotatable bonds is 4. The molecular weight excluding hydrogens is 320 g/mol. The number of anilines is 2. The van der Waals surface area contributed by atoms with Crippen molar-refractivity contribution in [2.24, 2.45) is 0 Å². The van der Waals surface area contributed by atoms with Crippen LogP contribution in [-0.4, -0.2) is 36.4 Å². The normalized spacial score (nSPS) is 14.3. The van der Waals surface area contributed by atoms with Gasteiger partial charge in [-0.05, 0) is 36.8 Å². The summed E-state index contributed by atoms with van der Waals surface area (Å²) in [6.07, 6.45) is 1.81. The molecule has 1 saturated heterocycles. The smallest absolute Gasteiger partial charge is 0.171 e. The van der Waals surface area contributed by atoms with Gasteiger partial charge in [-0.1, -0.05) is 29.8 Å². The van der Waals surface area contributed by atoms with Gasteiger partial charge >= 0.3 is 0 Å². The molecule has 0 spiro atoms. The average molecular weight is 342 g/mol. The van der Waals surface area contributed by atoms with Crippen molar-refractivity contribution in [2.75, 3.05) is 36.5 Å². The van der Waals surface area contributed by atoms with Crippen molar-refractivity contribution < 1.29 is 4.74 Å². The van der Waals surface area contributed by atoms with E-state index in [1.807, 2.05) is 18.3 Å². The number of morpholine rings is 1. The Kier molecular flexibility index (Phi) is 5.61. The predicted octanol–water partition coefficient (Wildman–Crippen LogP) is 2.71. The van der Waals surface area contributed by atoms with Crippen LogP contribution in [-0.2, 0) is 11.3 Å². The Morgan fingerprint density at radius 3 is 2.58 bits per heavy atom. The van der Waals surface area contributed by atoms with Crippen LogP contribution < -0.4 is 15.5 Å². The molecular formula is C18H22N4OS. The Labute approximate surface area is 148 Å². The van der Waals surface area contributed by atoms with E-state index in [0.717, 1.165) is 37.8 Å². The lowest BCUT2D eigenvalue weighted by Crippen LogP contribution is -2.36. The van der Waals surface area contributed by atoms with E-state index in [1.54, 1.807) is 0 Å². The molecule has 1 fully saturated rings. The first-order chi connectivity index (χ1) is 11.7. The highest BCUT2D eigenvalue weighted by atomic mass is 32.1. The van der Waals surface area contributed by atoms with E-state index in [1.165, 1.54) is 11.1 Å². The molecule has 0 bridgehead atoms. The zero-order chi connectivity index (χ0) is 16.8. The van der Waals surface area contributed by atoms with Gasteiger partial charge in [-0.2, -0.15) is 0 Å². The number of benzene rings is 1. The van der Waals surface area contributed by atoms with Gasteiger partial charge in [-0.3, -0.25) is 0 Å². The molecule has 2 N–H and O–H groups in total. The summed E-state index contributed by atoms with van der Waals surface area (Å²) in [5.41, 5.74) is 3.34. The zero-order valence-electron chi connectivity index (χ0n) is 13.8. The van der Waals surface area contributed by atoms with Crippen molar-refractivity contribution in [3.8, 4) is 0 Å². The third-order valence-electron chi connectivity index (χ3n) is 3.91. The molecule has 0 aliphatic carbocycles. The molecule has 1 aliphatic heterocycles. The second-order valence-corrected chi connectivity index (χ2v) is 6.21. The van der Waals surface area contributed by atoms with Crippen molar-refractivity contribution in [1.82, 2.24) is 10.3 Å². The molecule has 0 radical (unpaired) electrons. The second-order valence-electron chi connectivity index (χ2n) is 5.80. The number of aromatic nitrogens is 1. The number of thiocarbonyl (C=S) groups is 1. The fraction of sp³-hybridized carbons (Fsp3) is 0.333. The fourth-order valence-electron chi connectivity index (χ4n) is 2.50. The van der Waals surface area contributed by atoms with E-state index in [2.05, 4.69) is 51.7 Å². The summed E-state index contributed by atoms with van der Waals surface area (Å²) in [6, 6.07) is 12.4. The highest BCUT2D eigenvalue weighted by Crippen LogP contribution is 2.15. The van der Waals surface area contributed by atoms with Crippen LogP contribution in [0.3, 0.4) is 0 Å². The van der Waals surface area contributed by atoms with Gasteiger partial charge in [0.2, 0.25) is 0 Å². The molecule has 0 unspecified atom stereocenters. The maximum atomic E-state index is 5.36. The lowest BCUT2D eigenvalue weighted by atomic mass is 10.1.